The molecule has 2 nitrogen and oxygen atoms in total. The van der Waals surface area contributed by atoms with E-state index in [0.29, 0.717) is 5.92 Å². The van der Waals surface area contributed by atoms with Gasteiger partial charge >= 0.3 is 5.97 Å². The van der Waals surface area contributed by atoms with Crippen molar-refractivity contribution < 1.29 is 9.90 Å². The summed E-state index contributed by atoms with van der Waals surface area (Å²) in [5.41, 5.74) is 3.07. The van der Waals surface area contributed by atoms with Crippen LogP contribution in [0.15, 0.2) is 11.1 Å². The quantitative estimate of drug-likeness (QED) is 0.651. The van der Waals surface area contributed by atoms with Crippen LogP contribution in [0.4, 0.5) is 0 Å². The summed E-state index contributed by atoms with van der Waals surface area (Å²) < 4.78 is 0. The molecule has 0 spiro atoms. The van der Waals surface area contributed by atoms with E-state index >= 15 is 0 Å². The van der Waals surface area contributed by atoms with Crippen molar-refractivity contribution in [1.82, 2.24) is 0 Å². The van der Waals surface area contributed by atoms with Crippen molar-refractivity contribution in [2.45, 2.75) is 45.4 Å². The molecule has 14 heavy (non-hydrogen) atoms. The van der Waals surface area contributed by atoms with Gasteiger partial charge in [0.25, 0.3) is 0 Å². The molecule has 0 aromatic rings. The van der Waals surface area contributed by atoms with Crippen molar-refractivity contribution in [3.8, 4) is 0 Å². The first-order valence-corrected chi connectivity index (χ1v) is 5.62. The van der Waals surface area contributed by atoms with Gasteiger partial charge in [-0.2, -0.15) is 0 Å². The summed E-state index contributed by atoms with van der Waals surface area (Å²) in [7, 11) is 0. The largest absolute Gasteiger partial charge is 0.481 e. The average Bonchev–Trinajstić information content (AvgIpc) is 2.18. The maximum Gasteiger partial charge on any atom is 0.306 e. The molecule has 2 atom stereocenters. The van der Waals surface area contributed by atoms with Gasteiger partial charge < -0.3 is 5.11 Å². The van der Waals surface area contributed by atoms with Gasteiger partial charge in [-0.25, -0.2) is 0 Å². The normalized spacial score (nSPS) is 32.6. The topological polar surface area (TPSA) is 37.3 Å². The van der Waals surface area contributed by atoms with Crippen LogP contribution >= 0.6 is 0 Å². The Bertz CT molecular complexity index is 278. The van der Waals surface area contributed by atoms with Crippen LogP contribution in [0.25, 0.3) is 0 Å². The standard InChI is InChI=1S/C12H18O2/c1-8-3-2-4-9-5-6-10(12(13)14)7-11(8)9/h8,10H,2-7H2,1H3,(H,13,14). The lowest BCUT2D eigenvalue weighted by molar-refractivity contribution is -0.142. The lowest BCUT2D eigenvalue weighted by Gasteiger charge is -2.32. The number of aliphatic carboxylic acids is 1. The van der Waals surface area contributed by atoms with Gasteiger partial charge in [0.1, 0.15) is 0 Å². The first-order chi connectivity index (χ1) is 6.68. The van der Waals surface area contributed by atoms with Crippen LogP contribution < -0.4 is 0 Å². The first-order valence-electron chi connectivity index (χ1n) is 5.62. The van der Waals surface area contributed by atoms with E-state index in [1.54, 1.807) is 5.57 Å². The number of rotatable bonds is 1. The van der Waals surface area contributed by atoms with Crippen molar-refractivity contribution in [2.24, 2.45) is 11.8 Å². The minimum Gasteiger partial charge on any atom is -0.481 e. The average molecular weight is 194 g/mol. The molecular formula is C12H18O2. The van der Waals surface area contributed by atoms with E-state index < -0.39 is 5.97 Å². The second-order valence-corrected chi connectivity index (χ2v) is 4.70. The fourth-order valence-electron chi connectivity index (χ4n) is 2.86. The predicted octanol–water partition coefficient (Wildman–Crippen LogP) is 2.99. The Balaban J connectivity index is 2.16. The zero-order valence-corrected chi connectivity index (χ0v) is 8.75. The highest BCUT2D eigenvalue weighted by molar-refractivity contribution is 5.70. The number of hydrogen-bond acceptors (Lipinski definition) is 1. The zero-order chi connectivity index (χ0) is 10.1. The third-order valence-electron chi connectivity index (χ3n) is 3.77. The highest BCUT2D eigenvalue weighted by Gasteiger charge is 2.29. The number of carboxylic acid groups (broad SMARTS) is 1. The lowest BCUT2D eigenvalue weighted by atomic mass is 9.73. The van der Waals surface area contributed by atoms with Crippen LogP contribution in [0.3, 0.4) is 0 Å². The monoisotopic (exact) mass is 194 g/mol. The van der Waals surface area contributed by atoms with Gasteiger partial charge in [-0.05, 0) is 44.4 Å². The fraction of sp³-hybridized carbons (Fsp3) is 0.750. The van der Waals surface area contributed by atoms with E-state index in [-0.39, 0.29) is 5.92 Å². The molecule has 78 valence electrons. The van der Waals surface area contributed by atoms with Gasteiger partial charge in [0.05, 0.1) is 5.92 Å². The molecule has 0 amide bonds. The molecule has 1 N–H and O–H groups in total. The van der Waals surface area contributed by atoms with E-state index in [9.17, 15) is 4.79 Å². The summed E-state index contributed by atoms with van der Waals surface area (Å²) in [5.74, 6) is -0.0653. The van der Waals surface area contributed by atoms with E-state index in [0.717, 1.165) is 19.3 Å². The number of hydrogen-bond donors (Lipinski definition) is 1. The molecule has 0 aliphatic heterocycles. The van der Waals surface area contributed by atoms with Gasteiger partial charge in [-0.3, -0.25) is 4.79 Å². The summed E-state index contributed by atoms with van der Waals surface area (Å²) in [4.78, 5) is 10.9. The molecule has 0 saturated carbocycles. The van der Waals surface area contributed by atoms with Gasteiger partial charge in [0.2, 0.25) is 0 Å². The molecule has 2 aliphatic rings. The Hall–Kier alpha value is -0.790. The van der Waals surface area contributed by atoms with Crippen LogP contribution in [0, 0.1) is 11.8 Å². The zero-order valence-electron chi connectivity index (χ0n) is 8.75. The first kappa shape index (κ1) is 9.75. The van der Waals surface area contributed by atoms with Gasteiger partial charge in [0, 0.05) is 0 Å². The summed E-state index contributed by atoms with van der Waals surface area (Å²) in [6.07, 6.45) is 6.51. The highest BCUT2D eigenvalue weighted by atomic mass is 16.4. The molecule has 0 heterocycles. The van der Waals surface area contributed by atoms with Gasteiger partial charge in [-0.1, -0.05) is 18.1 Å². The van der Waals surface area contributed by atoms with E-state index in [4.69, 9.17) is 5.11 Å². The third kappa shape index (κ3) is 1.70. The van der Waals surface area contributed by atoms with Crippen LogP contribution in [0.1, 0.15) is 45.4 Å². The lowest BCUT2D eigenvalue weighted by Crippen LogP contribution is -2.23. The van der Waals surface area contributed by atoms with Crippen LogP contribution in [-0.2, 0) is 4.79 Å². The van der Waals surface area contributed by atoms with Crippen LogP contribution in [-0.4, -0.2) is 11.1 Å². The van der Waals surface area contributed by atoms with Crippen molar-refractivity contribution in [3.05, 3.63) is 11.1 Å². The Morgan fingerprint density at radius 2 is 2.14 bits per heavy atom. The van der Waals surface area contributed by atoms with Crippen LogP contribution in [0.5, 0.6) is 0 Å². The Kier molecular flexibility index (Phi) is 2.62. The molecule has 0 radical (unpaired) electrons. The maximum absolute atomic E-state index is 10.9. The summed E-state index contributed by atoms with van der Waals surface area (Å²) in [5, 5.41) is 8.99. The molecule has 0 saturated heterocycles. The van der Waals surface area contributed by atoms with Crippen molar-refractivity contribution in [3.63, 3.8) is 0 Å². The summed E-state index contributed by atoms with van der Waals surface area (Å²) >= 11 is 0. The predicted molar refractivity (Wildman–Crippen MR) is 55.0 cm³/mol. The molecule has 0 bridgehead atoms. The Morgan fingerprint density at radius 3 is 2.86 bits per heavy atom. The SMILES string of the molecule is CC1CCCC2=C1CC(C(=O)O)CC2. The molecular weight excluding hydrogens is 176 g/mol. The minimum absolute atomic E-state index is 0.103. The molecule has 0 aromatic heterocycles. The third-order valence-corrected chi connectivity index (χ3v) is 3.77. The number of carboxylic acids is 1. The van der Waals surface area contributed by atoms with E-state index in [1.807, 2.05) is 0 Å². The molecule has 2 unspecified atom stereocenters. The molecule has 2 heteroatoms. The molecule has 2 aliphatic carbocycles. The van der Waals surface area contributed by atoms with Crippen LogP contribution in [0.2, 0.25) is 0 Å². The summed E-state index contributed by atoms with van der Waals surface area (Å²) in [6, 6.07) is 0. The highest BCUT2D eigenvalue weighted by Crippen LogP contribution is 2.40. The second kappa shape index (κ2) is 3.76. The number of allylic oxidation sites excluding steroid dienone is 2. The fourth-order valence-corrected chi connectivity index (χ4v) is 2.86. The second-order valence-electron chi connectivity index (χ2n) is 4.70. The Morgan fingerprint density at radius 1 is 1.36 bits per heavy atom. The summed E-state index contributed by atoms with van der Waals surface area (Å²) in [6.45, 7) is 2.25. The molecule has 2 rings (SSSR count). The molecule has 0 fully saturated rings. The van der Waals surface area contributed by atoms with Crippen molar-refractivity contribution >= 4 is 5.97 Å². The Labute approximate surface area is 85.0 Å². The number of carbonyl (C=O) groups is 1. The minimum atomic E-state index is -0.602. The van der Waals surface area contributed by atoms with E-state index in [2.05, 4.69) is 6.92 Å². The van der Waals surface area contributed by atoms with Gasteiger partial charge in [0.15, 0.2) is 0 Å². The van der Waals surface area contributed by atoms with Crippen molar-refractivity contribution in [2.75, 3.05) is 0 Å². The maximum atomic E-state index is 10.9. The van der Waals surface area contributed by atoms with Gasteiger partial charge in [-0.15, -0.1) is 0 Å². The molecule has 0 aromatic carbocycles. The smallest absolute Gasteiger partial charge is 0.306 e. The van der Waals surface area contributed by atoms with Crippen molar-refractivity contribution in [1.29, 1.82) is 0 Å². The van der Waals surface area contributed by atoms with E-state index in [1.165, 1.54) is 24.8 Å².